The summed E-state index contributed by atoms with van der Waals surface area (Å²) in [6, 6.07) is 23.5. The summed E-state index contributed by atoms with van der Waals surface area (Å²) in [5, 5.41) is 10.8. The number of Topliss-reactive ketones (excluding diaryl/α,β-unsaturated/α-hetero) is 1. The first-order valence-electron chi connectivity index (χ1n) is 13.3. The summed E-state index contributed by atoms with van der Waals surface area (Å²) >= 11 is 0. The van der Waals surface area contributed by atoms with Crippen LogP contribution in [0.15, 0.2) is 79.0 Å². The highest BCUT2D eigenvalue weighted by Gasteiger charge is 2.18. The Morgan fingerprint density at radius 2 is 1.62 bits per heavy atom. The van der Waals surface area contributed by atoms with Gasteiger partial charge in [-0.15, -0.1) is 5.10 Å². The van der Waals surface area contributed by atoms with Crippen molar-refractivity contribution >= 4 is 11.7 Å². The molecular weight excluding hydrogens is 490 g/mol. The predicted molar refractivity (Wildman–Crippen MR) is 150 cm³/mol. The number of rotatable bonds is 9. The third-order valence-electron chi connectivity index (χ3n) is 7.12. The van der Waals surface area contributed by atoms with Crippen molar-refractivity contribution in [3.8, 4) is 16.9 Å². The topological polar surface area (TPSA) is 89.4 Å². The number of nitrogens with one attached hydrogen (secondary N) is 1. The number of nitrogens with zero attached hydrogens (tertiary/aromatic N) is 4. The molecule has 5 rings (SSSR count). The molecule has 8 nitrogen and oxygen atoms in total. The molecule has 0 spiro atoms. The Hall–Kier alpha value is -4.30. The third kappa shape index (κ3) is 6.59. The zero-order chi connectivity index (χ0) is 27.2. The highest BCUT2D eigenvalue weighted by molar-refractivity contribution is 5.96. The number of ether oxygens (including phenoxy) is 1. The largest absolute Gasteiger partial charge is 0.490 e. The summed E-state index contributed by atoms with van der Waals surface area (Å²) in [6.07, 6.45) is 4.26. The van der Waals surface area contributed by atoms with E-state index >= 15 is 0 Å². The summed E-state index contributed by atoms with van der Waals surface area (Å²) in [5.41, 5.74) is 4.77. The van der Waals surface area contributed by atoms with E-state index in [2.05, 4.69) is 39.7 Å². The van der Waals surface area contributed by atoms with Gasteiger partial charge in [-0.3, -0.25) is 9.59 Å². The SMILES string of the molecule is CNC(=O)c1ccccc1Cn1cc(C(=O)Cc2ccc(-c3ccc(OC4CCN(C)CC4)cc3)cc2)nn1. The number of ketones is 1. The first kappa shape index (κ1) is 26.3. The molecule has 0 bridgehead atoms. The summed E-state index contributed by atoms with van der Waals surface area (Å²) in [4.78, 5) is 27.3. The molecule has 200 valence electrons. The lowest BCUT2D eigenvalue weighted by atomic mass is 10.0. The van der Waals surface area contributed by atoms with Gasteiger partial charge in [-0.25, -0.2) is 4.68 Å². The number of hydrogen-bond acceptors (Lipinski definition) is 6. The third-order valence-corrected chi connectivity index (χ3v) is 7.12. The van der Waals surface area contributed by atoms with Crippen LogP contribution in [0.25, 0.3) is 11.1 Å². The van der Waals surface area contributed by atoms with E-state index in [0.29, 0.717) is 17.8 Å². The maximum Gasteiger partial charge on any atom is 0.251 e. The van der Waals surface area contributed by atoms with Crippen LogP contribution in [0.2, 0.25) is 0 Å². The van der Waals surface area contributed by atoms with Crippen molar-refractivity contribution in [3.05, 3.63) is 101 Å². The second-order valence-electron chi connectivity index (χ2n) is 9.98. The van der Waals surface area contributed by atoms with E-state index in [4.69, 9.17) is 4.74 Å². The molecule has 1 aliphatic heterocycles. The molecule has 0 aliphatic carbocycles. The van der Waals surface area contributed by atoms with Crippen LogP contribution in [-0.2, 0) is 13.0 Å². The Bertz CT molecular complexity index is 1420. The molecular formula is C31H33N5O3. The monoisotopic (exact) mass is 523 g/mol. The van der Waals surface area contributed by atoms with Gasteiger partial charge in [-0.2, -0.15) is 0 Å². The summed E-state index contributed by atoms with van der Waals surface area (Å²) in [6.45, 7) is 2.49. The van der Waals surface area contributed by atoms with E-state index in [9.17, 15) is 9.59 Å². The molecule has 39 heavy (non-hydrogen) atoms. The molecule has 1 aliphatic rings. The molecule has 1 saturated heterocycles. The Morgan fingerprint density at radius 3 is 2.31 bits per heavy atom. The maximum absolute atomic E-state index is 12.9. The normalized spacial score (nSPS) is 14.2. The minimum absolute atomic E-state index is 0.107. The average Bonchev–Trinajstić information content (AvgIpc) is 3.44. The van der Waals surface area contributed by atoms with Gasteiger partial charge >= 0.3 is 0 Å². The minimum Gasteiger partial charge on any atom is -0.490 e. The summed E-state index contributed by atoms with van der Waals surface area (Å²) in [5.74, 6) is 0.632. The molecule has 8 heteroatoms. The van der Waals surface area contributed by atoms with Gasteiger partial charge in [0.05, 0.1) is 12.7 Å². The Balaban J connectivity index is 1.18. The highest BCUT2D eigenvalue weighted by Crippen LogP contribution is 2.25. The fourth-order valence-corrected chi connectivity index (χ4v) is 4.80. The van der Waals surface area contributed by atoms with E-state index in [0.717, 1.165) is 53.9 Å². The number of hydrogen-bond donors (Lipinski definition) is 1. The molecule has 0 atom stereocenters. The van der Waals surface area contributed by atoms with Crippen LogP contribution in [0.3, 0.4) is 0 Å². The van der Waals surface area contributed by atoms with Gasteiger partial charge in [-0.05, 0) is 60.3 Å². The van der Waals surface area contributed by atoms with Crippen LogP contribution in [0.1, 0.15) is 44.8 Å². The van der Waals surface area contributed by atoms with Gasteiger partial charge < -0.3 is 15.0 Å². The first-order valence-corrected chi connectivity index (χ1v) is 13.3. The quantitative estimate of drug-likeness (QED) is 0.330. The van der Waals surface area contributed by atoms with Gasteiger partial charge in [0.2, 0.25) is 0 Å². The van der Waals surface area contributed by atoms with Crippen LogP contribution in [-0.4, -0.2) is 64.9 Å². The fourth-order valence-electron chi connectivity index (χ4n) is 4.80. The van der Waals surface area contributed by atoms with Crippen molar-refractivity contribution in [2.45, 2.75) is 31.9 Å². The van der Waals surface area contributed by atoms with Crippen molar-refractivity contribution < 1.29 is 14.3 Å². The zero-order valence-corrected chi connectivity index (χ0v) is 22.3. The van der Waals surface area contributed by atoms with Crippen molar-refractivity contribution in [3.63, 3.8) is 0 Å². The predicted octanol–water partition coefficient (Wildman–Crippen LogP) is 4.25. The van der Waals surface area contributed by atoms with Crippen molar-refractivity contribution in [1.29, 1.82) is 0 Å². The van der Waals surface area contributed by atoms with Crippen molar-refractivity contribution in [1.82, 2.24) is 25.2 Å². The number of piperidine rings is 1. The van der Waals surface area contributed by atoms with Gasteiger partial charge in [0.15, 0.2) is 5.78 Å². The van der Waals surface area contributed by atoms with E-state index < -0.39 is 0 Å². The van der Waals surface area contributed by atoms with E-state index in [1.807, 2.05) is 54.6 Å². The molecule has 1 amide bonds. The molecule has 2 heterocycles. The Kier molecular flexibility index (Phi) is 8.13. The summed E-state index contributed by atoms with van der Waals surface area (Å²) < 4.78 is 7.74. The van der Waals surface area contributed by atoms with Crippen LogP contribution in [0.5, 0.6) is 5.75 Å². The van der Waals surface area contributed by atoms with E-state index in [1.165, 1.54) is 0 Å². The molecule has 0 unspecified atom stereocenters. The molecule has 3 aromatic carbocycles. The fraction of sp³-hybridized carbons (Fsp3) is 0.290. The molecule has 0 radical (unpaired) electrons. The van der Waals surface area contributed by atoms with Crippen LogP contribution >= 0.6 is 0 Å². The Morgan fingerprint density at radius 1 is 0.949 bits per heavy atom. The maximum atomic E-state index is 12.9. The van der Waals surface area contributed by atoms with Gasteiger partial charge in [0.1, 0.15) is 17.5 Å². The molecule has 1 fully saturated rings. The highest BCUT2D eigenvalue weighted by atomic mass is 16.5. The van der Waals surface area contributed by atoms with Crippen LogP contribution in [0, 0.1) is 0 Å². The molecule has 4 aromatic rings. The standard InChI is InChI=1S/C31H33N5O3/c1-32-31(38)28-6-4-3-5-25(28)20-36-21-29(33-34-36)30(37)19-22-7-9-23(10-8-22)24-11-13-26(14-12-24)39-27-15-17-35(2)18-16-27/h3-14,21,27H,15-20H2,1-2H3,(H,32,38). The minimum atomic E-state index is -0.164. The lowest BCUT2D eigenvalue weighted by molar-refractivity contribution is 0.0959. The van der Waals surface area contributed by atoms with Gasteiger partial charge in [-0.1, -0.05) is 59.8 Å². The van der Waals surface area contributed by atoms with E-state index in [1.54, 1.807) is 24.0 Å². The Labute approximate surface area is 228 Å². The second kappa shape index (κ2) is 12.0. The van der Waals surface area contributed by atoms with Gasteiger partial charge in [0.25, 0.3) is 5.91 Å². The molecule has 1 N–H and O–H groups in total. The van der Waals surface area contributed by atoms with Crippen LogP contribution < -0.4 is 10.1 Å². The lowest BCUT2D eigenvalue weighted by Gasteiger charge is -2.29. The number of carbonyl (C=O) groups excluding carboxylic acids is 2. The number of likely N-dealkylation sites (tertiary alicyclic amines) is 1. The van der Waals surface area contributed by atoms with Crippen LogP contribution in [0.4, 0.5) is 0 Å². The number of aromatic nitrogens is 3. The smallest absolute Gasteiger partial charge is 0.251 e. The summed E-state index contributed by atoms with van der Waals surface area (Å²) in [7, 11) is 3.75. The first-order chi connectivity index (χ1) is 19.0. The van der Waals surface area contributed by atoms with Crippen molar-refractivity contribution in [2.75, 3.05) is 27.2 Å². The number of benzene rings is 3. The van der Waals surface area contributed by atoms with Crippen molar-refractivity contribution in [2.24, 2.45) is 0 Å². The van der Waals surface area contributed by atoms with Gasteiger partial charge in [0, 0.05) is 32.1 Å². The second-order valence-corrected chi connectivity index (χ2v) is 9.98. The zero-order valence-electron chi connectivity index (χ0n) is 22.3. The number of carbonyl (C=O) groups is 2. The lowest BCUT2D eigenvalue weighted by Crippen LogP contribution is -2.35. The average molecular weight is 524 g/mol. The molecule has 0 saturated carbocycles. The van der Waals surface area contributed by atoms with E-state index in [-0.39, 0.29) is 24.2 Å². The molecule has 1 aromatic heterocycles. The number of amides is 1.